The summed E-state index contributed by atoms with van der Waals surface area (Å²) in [6.07, 6.45) is -1.45. The van der Waals surface area contributed by atoms with E-state index >= 15 is 0 Å². The van der Waals surface area contributed by atoms with Crippen molar-refractivity contribution in [2.24, 2.45) is 0 Å². The molecule has 0 aliphatic carbocycles. The Hall–Kier alpha value is -0.220. The number of alkyl halides is 3. The van der Waals surface area contributed by atoms with E-state index in [1.807, 2.05) is 0 Å². The van der Waals surface area contributed by atoms with Crippen molar-refractivity contribution in [3.63, 3.8) is 0 Å². The molecule has 0 amide bonds. The van der Waals surface area contributed by atoms with Crippen LogP contribution in [-0.4, -0.2) is 4.98 Å². The fraction of sp³-hybridized carbons (Fsp3) is 0.375. The third-order valence-corrected chi connectivity index (χ3v) is 2.73. The fourth-order valence-corrected chi connectivity index (χ4v) is 2.12. The van der Waals surface area contributed by atoms with Gasteiger partial charge in [0.05, 0.1) is 10.6 Å². The maximum atomic E-state index is 12.3. The SMILES string of the molecule is Cc1ncc(C(F)F)c(Cl)c1CBr. The van der Waals surface area contributed by atoms with Gasteiger partial charge in [-0.25, -0.2) is 8.78 Å². The van der Waals surface area contributed by atoms with Crippen LogP contribution in [0.3, 0.4) is 0 Å². The Morgan fingerprint density at radius 1 is 1.62 bits per heavy atom. The molecule has 1 nitrogen and oxygen atoms in total. The summed E-state index contributed by atoms with van der Waals surface area (Å²) in [6, 6.07) is 0. The molecule has 0 N–H and O–H groups in total. The second kappa shape index (κ2) is 4.33. The van der Waals surface area contributed by atoms with E-state index in [2.05, 4.69) is 20.9 Å². The Labute approximate surface area is 88.2 Å². The van der Waals surface area contributed by atoms with Crippen molar-refractivity contribution >= 4 is 27.5 Å². The first kappa shape index (κ1) is 10.9. The molecule has 5 heteroatoms. The average Bonchev–Trinajstić information content (AvgIpc) is 2.04. The summed E-state index contributed by atoms with van der Waals surface area (Å²) in [5.74, 6) is 0. The molecule has 0 spiro atoms. The average molecular weight is 271 g/mol. The van der Waals surface area contributed by atoms with Crippen LogP contribution < -0.4 is 0 Å². The predicted octanol–water partition coefficient (Wildman–Crippen LogP) is 3.88. The molecule has 1 aromatic heterocycles. The molecule has 0 aliphatic heterocycles. The van der Waals surface area contributed by atoms with Crippen molar-refractivity contribution in [1.82, 2.24) is 4.98 Å². The lowest BCUT2D eigenvalue weighted by Gasteiger charge is -2.08. The van der Waals surface area contributed by atoms with Gasteiger partial charge in [-0.3, -0.25) is 4.98 Å². The summed E-state index contributed by atoms with van der Waals surface area (Å²) < 4.78 is 24.7. The summed E-state index contributed by atoms with van der Waals surface area (Å²) in [5, 5.41) is 0.546. The monoisotopic (exact) mass is 269 g/mol. The van der Waals surface area contributed by atoms with Crippen molar-refractivity contribution in [3.8, 4) is 0 Å². The maximum absolute atomic E-state index is 12.3. The Bertz CT molecular complexity index is 317. The number of hydrogen-bond donors (Lipinski definition) is 0. The van der Waals surface area contributed by atoms with Crippen LogP contribution >= 0.6 is 27.5 Å². The van der Waals surface area contributed by atoms with Gasteiger partial charge in [-0.05, 0) is 6.92 Å². The second-order valence-electron chi connectivity index (χ2n) is 2.53. The Kier molecular flexibility index (Phi) is 3.62. The van der Waals surface area contributed by atoms with E-state index < -0.39 is 6.43 Å². The molecule has 0 aliphatic rings. The Morgan fingerprint density at radius 2 is 2.23 bits per heavy atom. The van der Waals surface area contributed by atoms with Crippen LogP contribution in [0.5, 0.6) is 0 Å². The van der Waals surface area contributed by atoms with Gasteiger partial charge in [-0.15, -0.1) is 0 Å². The third-order valence-electron chi connectivity index (χ3n) is 1.72. The Morgan fingerprint density at radius 3 is 2.69 bits per heavy atom. The normalized spacial score (nSPS) is 10.9. The first-order valence-electron chi connectivity index (χ1n) is 3.56. The minimum atomic E-state index is -2.57. The second-order valence-corrected chi connectivity index (χ2v) is 3.46. The molecule has 0 atom stereocenters. The number of aryl methyl sites for hydroxylation is 1. The van der Waals surface area contributed by atoms with Crippen LogP contribution in [0.2, 0.25) is 5.02 Å². The molecular formula is C8H7BrClF2N. The highest BCUT2D eigenvalue weighted by molar-refractivity contribution is 9.08. The molecule has 0 aromatic carbocycles. The lowest BCUT2D eigenvalue weighted by atomic mass is 10.1. The zero-order valence-corrected chi connectivity index (χ0v) is 9.16. The number of rotatable bonds is 2. The van der Waals surface area contributed by atoms with Gasteiger partial charge in [-0.1, -0.05) is 27.5 Å². The van der Waals surface area contributed by atoms with Crippen LogP contribution in [0.15, 0.2) is 6.20 Å². The van der Waals surface area contributed by atoms with Gasteiger partial charge >= 0.3 is 0 Å². The van der Waals surface area contributed by atoms with Crippen LogP contribution in [-0.2, 0) is 5.33 Å². The van der Waals surface area contributed by atoms with Gasteiger partial charge in [0, 0.05) is 22.8 Å². The van der Waals surface area contributed by atoms with Gasteiger partial charge in [0.1, 0.15) is 0 Å². The summed E-state index contributed by atoms with van der Waals surface area (Å²) >= 11 is 8.93. The van der Waals surface area contributed by atoms with Gasteiger partial charge in [0.25, 0.3) is 6.43 Å². The lowest BCUT2D eigenvalue weighted by Crippen LogP contribution is -1.96. The van der Waals surface area contributed by atoms with Gasteiger partial charge in [0.15, 0.2) is 0 Å². The molecule has 0 radical (unpaired) electrons. The maximum Gasteiger partial charge on any atom is 0.266 e. The zero-order valence-electron chi connectivity index (χ0n) is 6.82. The van der Waals surface area contributed by atoms with Crippen molar-refractivity contribution < 1.29 is 8.78 Å². The van der Waals surface area contributed by atoms with Crippen LogP contribution in [0.4, 0.5) is 8.78 Å². The molecule has 0 saturated heterocycles. The van der Waals surface area contributed by atoms with Crippen LogP contribution in [0.1, 0.15) is 23.2 Å². The zero-order chi connectivity index (χ0) is 10.0. The molecule has 13 heavy (non-hydrogen) atoms. The van der Waals surface area contributed by atoms with Crippen molar-refractivity contribution in [1.29, 1.82) is 0 Å². The molecule has 72 valence electrons. The highest BCUT2D eigenvalue weighted by atomic mass is 79.9. The van der Waals surface area contributed by atoms with Crippen LogP contribution in [0, 0.1) is 6.92 Å². The van der Waals surface area contributed by atoms with E-state index in [1.54, 1.807) is 6.92 Å². The minimum Gasteiger partial charge on any atom is -0.261 e. The lowest BCUT2D eigenvalue weighted by molar-refractivity contribution is 0.151. The first-order valence-corrected chi connectivity index (χ1v) is 5.05. The molecule has 0 unspecified atom stereocenters. The van der Waals surface area contributed by atoms with E-state index in [0.717, 1.165) is 6.20 Å². The minimum absolute atomic E-state index is 0.111. The van der Waals surface area contributed by atoms with Crippen molar-refractivity contribution in [3.05, 3.63) is 28.0 Å². The summed E-state index contributed by atoms with van der Waals surface area (Å²) in [6.45, 7) is 1.73. The van der Waals surface area contributed by atoms with E-state index in [9.17, 15) is 8.78 Å². The number of hydrogen-bond acceptors (Lipinski definition) is 1. The smallest absolute Gasteiger partial charge is 0.261 e. The van der Waals surface area contributed by atoms with Gasteiger partial charge < -0.3 is 0 Å². The summed E-state index contributed by atoms with van der Waals surface area (Å²) in [4.78, 5) is 3.84. The molecule has 0 bridgehead atoms. The molecule has 1 rings (SSSR count). The largest absolute Gasteiger partial charge is 0.266 e. The fourth-order valence-electron chi connectivity index (χ4n) is 0.942. The standard InChI is InChI=1S/C8H7BrClF2N/c1-4-5(2-9)7(10)6(3-13-4)8(11)12/h3,8H,2H2,1H3. The predicted molar refractivity (Wildman–Crippen MR) is 51.6 cm³/mol. The number of halogens is 4. The van der Waals surface area contributed by atoms with Crippen molar-refractivity contribution in [2.75, 3.05) is 0 Å². The van der Waals surface area contributed by atoms with Gasteiger partial charge in [0.2, 0.25) is 0 Å². The number of nitrogens with zero attached hydrogens (tertiary/aromatic N) is 1. The first-order chi connectivity index (χ1) is 6.07. The van der Waals surface area contributed by atoms with E-state index in [0.29, 0.717) is 16.6 Å². The quantitative estimate of drug-likeness (QED) is 0.743. The third kappa shape index (κ3) is 2.17. The topological polar surface area (TPSA) is 12.9 Å². The molecule has 1 aromatic rings. The molecule has 1 heterocycles. The van der Waals surface area contributed by atoms with Crippen LogP contribution in [0.25, 0.3) is 0 Å². The summed E-state index contributed by atoms with van der Waals surface area (Å²) in [5.41, 5.74) is 1.09. The molecular weight excluding hydrogens is 263 g/mol. The number of pyridine rings is 1. The number of aromatic nitrogens is 1. The van der Waals surface area contributed by atoms with Gasteiger partial charge in [-0.2, -0.15) is 0 Å². The highest BCUT2D eigenvalue weighted by Gasteiger charge is 2.16. The van der Waals surface area contributed by atoms with E-state index in [-0.39, 0.29) is 10.6 Å². The molecule has 0 saturated carbocycles. The highest BCUT2D eigenvalue weighted by Crippen LogP contribution is 2.31. The van der Waals surface area contributed by atoms with E-state index in [4.69, 9.17) is 11.6 Å². The molecule has 0 fully saturated rings. The van der Waals surface area contributed by atoms with Crippen molar-refractivity contribution in [2.45, 2.75) is 18.7 Å². The Balaban J connectivity index is 3.27. The summed E-state index contributed by atoms with van der Waals surface area (Å²) in [7, 11) is 0. The van der Waals surface area contributed by atoms with E-state index in [1.165, 1.54) is 0 Å².